The van der Waals surface area contributed by atoms with Crippen molar-refractivity contribution in [1.82, 2.24) is 0 Å². The van der Waals surface area contributed by atoms with Crippen molar-refractivity contribution in [2.45, 2.75) is 13.1 Å². The summed E-state index contributed by atoms with van der Waals surface area (Å²) in [5.74, 6) is 0. The summed E-state index contributed by atoms with van der Waals surface area (Å²) in [7, 11) is 2.45. The average Bonchev–Trinajstić information content (AvgIpc) is 3.00. The molecule has 0 saturated heterocycles. The zero-order chi connectivity index (χ0) is 17.6. The Kier molecular flexibility index (Phi) is 3.93. The Balaban J connectivity index is 1.95. The summed E-state index contributed by atoms with van der Waals surface area (Å²) < 4.78 is 2.85. The lowest BCUT2D eigenvalue weighted by Gasteiger charge is -2.26. The minimum absolute atomic E-state index is 1.28. The van der Waals surface area contributed by atoms with Gasteiger partial charge in [0.2, 0.25) is 0 Å². The molecular formula is C22H23NSSi. The number of hydrogen-bond donors (Lipinski definition) is 0. The van der Waals surface area contributed by atoms with E-state index in [4.69, 9.17) is 0 Å². The lowest BCUT2D eigenvalue weighted by molar-refractivity contribution is 1.13. The first-order chi connectivity index (χ1) is 12.0. The van der Waals surface area contributed by atoms with Gasteiger partial charge >= 0.3 is 0 Å². The summed E-state index contributed by atoms with van der Waals surface area (Å²) >= 11 is 1.94. The molecule has 4 aromatic rings. The maximum absolute atomic E-state index is 2.47. The van der Waals surface area contributed by atoms with E-state index in [0.717, 1.165) is 0 Å². The van der Waals surface area contributed by atoms with E-state index in [1.807, 2.05) is 11.3 Å². The maximum Gasteiger partial charge on any atom is 0.114 e. The number of nitrogens with zero attached hydrogens (tertiary/aromatic N) is 1. The molecule has 3 aromatic carbocycles. The standard InChI is InChI=1S/C22H23NSSi/c1-23(2)16-9-7-10-17(15-16)25(3,4)21-14-8-12-19-18-11-5-6-13-20(18)24-22(19)21/h5-15H,1-4H3. The van der Waals surface area contributed by atoms with Crippen LogP contribution in [0, 0.1) is 0 Å². The zero-order valence-corrected chi connectivity index (χ0v) is 17.0. The van der Waals surface area contributed by atoms with Crippen LogP contribution < -0.4 is 15.3 Å². The number of anilines is 1. The summed E-state index contributed by atoms with van der Waals surface area (Å²) in [5.41, 5.74) is 1.28. The van der Waals surface area contributed by atoms with E-state index in [9.17, 15) is 0 Å². The third-order valence-corrected chi connectivity index (χ3v) is 10.1. The van der Waals surface area contributed by atoms with Gasteiger partial charge < -0.3 is 4.90 Å². The van der Waals surface area contributed by atoms with Crippen molar-refractivity contribution in [3.63, 3.8) is 0 Å². The van der Waals surface area contributed by atoms with Gasteiger partial charge in [0, 0.05) is 40.0 Å². The second kappa shape index (κ2) is 6.01. The molecule has 25 heavy (non-hydrogen) atoms. The highest BCUT2D eigenvalue weighted by atomic mass is 32.1. The fourth-order valence-corrected chi connectivity index (χ4v) is 8.15. The van der Waals surface area contributed by atoms with E-state index >= 15 is 0 Å². The fourth-order valence-electron chi connectivity index (χ4n) is 3.57. The van der Waals surface area contributed by atoms with Crippen molar-refractivity contribution in [3.05, 3.63) is 66.7 Å². The van der Waals surface area contributed by atoms with Crippen LogP contribution in [0.3, 0.4) is 0 Å². The van der Waals surface area contributed by atoms with E-state index in [1.54, 1.807) is 5.19 Å². The second-order valence-corrected chi connectivity index (χ2v) is 12.8. The molecule has 4 rings (SSSR count). The molecule has 0 fully saturated rings. The van der Waals surface area contributed by atoms with E-state index in [0.29, 0.717) is 0 Å². The molecule has 0 unspecified atom stereocenters. The first-order valence-electron chi connectivity index (χ1n) is 8.67. The molecule has 1 aromatic heterocycles. The van der Waals surface area contributed by atoms with Crippen LogP contribution in [-0.2, 0) is 0 Å². The minimum Gasteiger partial charge on any atom is -0.378 e. The molecule has 0 spiro atoms. The molecule has 0 N–H and O–H groups in total. The van der Waals surface area contributed by atoms with Gasteiger partial charge in [0.25, 0.3) is 0 Å². The van der Waals surface area contributed by atoms with Crippen molar-refractivity contribution >= 4 is 55.6 Å². The molecule has 126 valence electrons. The van der Waals surface area contributed by atoms with Gasteiger partial charge in [-0.25, -0.2) is 0 Å². The molecule has 0 aliphatic heterocycles. The number of hydrogen-bond acceptors (Lipinski definition) is 2. The Labute approximate surface area is 154 Å². The number of fused-ring (bicyclic) bond motifs is 3. The Morgan fingerprint density at radius 3 is 2.32 bits per heavy atom. The molecule has 1 nitrogen and oxygen atoms in total. The van der Waals surface area contributed by atoms with Gasteiger partial charge in [-0.15, -0.1) is 11.3 Å². The van der Waals surface area contributed by atoms with Crippen LogP contribution in [0.4, 0.5) is 5.69 Å². The van der Waals surface area contributed by atoms with Crippen LogP contribution in [0.1, 0.15) is 0 Å². The number of thiophene rings is 1. The van der Waals surface area contributed by atoms with Crippen LogP contribution in [-0.4, -0.2) is 22.2 Å². The summed E-state index contributed by atoms with van der Waals surface area (Å²) in [5, 5.41) is 5.82. The Morgan fingerprint density at radius 1 is 0.800 bits per heavy atom. The van der Waals surface area contributed by atoms with E-state index in [2.05, 4.69) is 98.8 Å². The van der Waals surface area contributed by atoms with E-state index in [1.165, 1.54) is 31.0 Å². The van der Waals surface area contributed by atoms with Crippen molar-refractivity contribution in [3.8, 4) is 0 Å². The Bertz CT molecular complexity index is 1060. The lowest BCUT2D eigenvalue weighted by atomic mass is 10.1. The van der Waals surface area contributed by atoms with Crippen LogP contribution in [0.5, 0.6) is 0 Å². The van der Waals surface area contributed by atoms with E-state index in [-0.39, 0.29) is 0 Å². The van der Waals surface area contributed by atoms with Crippen molar-refractivity contribution < 1.29 is 0 Å². The molecule has 3 heteroatoms. The quantitative estimate of drug-likeness (QED) is 0.467. The predicted octanol–water partition coefficient (Wildman–Crippen LogP) is 4.94. The van der Waals surface area contributed by atoms with Crippen molar-refractivity contribution in [2.24, 2.45) is 0 Å². The topological polar surface area (TPSA) is 3.24 Å². The van der Waals surface area contributed by atoms with Gasteiger partial charge in [-0.05, 0) is 23.4 Å². The highest BCUT2D eigenvalue weighted by molar-refractivity contribution is 7.28. The highest BCUT2D eigenvalue weighted by Gasteiger charge is 2.29. The van der Waals surface area contributed by atoms with Gasteiger partial charge in [0.1, 0.15) is 8.07 Å². The summed E-state index contributed by atoms with van der Waals surface area (Å²) in [6.07, 6.45) is 0. The normalized spacial score (nSPS) is 12.0. The van der Waals surface area contributed by atoms with Gasteiger partial charge in [-0.2, -0.15) is 0 Å². The maximum atomic E-state index is 2.47. The van der Waals surface area contributed by atoms with Crippen LogP contribution in [0.2, 0.25) is 13.1 Å². The number of rotatable bonds is 3. The first kappa shape index (κ1) is 16.4. The summed E-state index contributed by atoms with van der Waals surface area (Å²) in [4.78, 5) is 2.19. The highest BCUT2D eigenvalue weighted by Crippen LogP contribution is 2.33. The fraction of sp³-hybridized carbons (Fsp3) is 0.182. The van der Waals surface area contributed by atoms with Gasteiger partial charge in [-0.3, -0.25) is 0 Å². The van der Waals surface area contributed by atoms with Gasteiger partial charge in [0.15, 0.2) is 0 Å². The first-order valence-corrected chi connectivity index (χ1v) is 12.5. The average molecular weight is 362 g/mol. The number of benzene rings is 3. The summed E-state index contributed by atoms with van der Waals surface area (Å²) in [6, 6.07) is 24.7. The molecule has 0 aliphatic rings. The SMILES string of the molecule is CN(C)c1cccc([Si](C)(C)c2cccc3c2sc2ccccc23)c1. The van der Waals surface area contributed by atoms with Crippen molar-refractivity contribution in [1.29, 1.82) is 0 Å². The largest absolute Gasteiger partial charge is 0.378 e. The molecule has 1 heterocycles. The summed E-state index contributed by atoms with van der Waals surface area (Å²) in [6.45, 7) is 4.95. The lowest BCUT2D eigenvalue weighted by Crippen LogP contribution is -2.53. The van der Waals surface area contributed by atoms with Crippen LogP contribution >= 0.6 is 11.3 Å². The van der Waals surface area contributed by atoms with Crippen LogP contribution in [0.25, 0.3) is 20.2 Å². The second-order valence-electron chi connectivity index (χ2n) is 7.35. The molecule has 0 amide bonds. The molecule has 0 bridgehead atoms. The van der Waals surface area contributed by atoms with Gasteiger partial charge in [-0.1, -0.05) is 66.8 Å². The molecule has 0 atom stereocenters. The molecule has 0 radical (unpaired) electrons. The third kappa shape index (κ3) is 2.68. The van der Waals surface area contributed by atoms with Gasteiger partial charge in [0.05, 0.1) is 0 Å². The minimum atomic E-state index is -1.78. The monoisotopic (exact) mass is 361 g/mol. The third-order valence-electron chi connectivity index (χ3n) is 5.16. The molecular weight excluding hydrogens is 338 g/mol. The van der Waals surface area contributed by atoms with E-state index < -0.39 is 8.07 Å². The zero-order valence-electron chi connectivity index (χ0n) is 15.2. The van der Waals surface area contributed by atoms with Crippen molar-refractivity contribution in [2.75, 3.05) is 19.0 Å². The molecule has 0 saturated carbocycles. The molecule has 0 aliphatic carbocycles. The Morgan fingerprint density at radius 2 is 1.52 bits per heavy atom. The predicted molar refractivity (Wildman–Crippen MR) is 117 cm³/mol. The van der Waals surface area contributed by atoms with Crippen LogP contribution in [0.15, 0.2) is 66.7 Å². The Hall–Kier alpha value is -2.10. The smallest absolute Gasteiger partial charge is 0.114 e.